The van der Waals surface area contributed by atoms with E-state index in [1.807, 2.05) is 13.0 Å². The molecule has 1 aromatic heterocycles. The molecule has 0 radical (unpaired) electrons. The third kappa shape index (κ3) is 2.24. The van der Waals surface area contributed by atoms with E-state index in [1.54, 1.807) is 12.1 Å². The molecule has 0 saturated carbocycles. The summed E-state index contributed by atoms with van der Waals surface area (Å²) in [6.07, 6.45) is 0. The lowest BCUT2D eigenvalue weighted by Crippen LogP contribution is -2.15. The van der Waals surface area contributed by atoms with E-state index >= 15 is 0 Å². The molecule has 2 rings (SSSR count). The van der Waals surface area contributed by atoms with E-state index in [0.717, 1.165) is 5.56 Å². The fourth-order valence-electron chi connectivity index (χ4n) is 1.45. The largest absolute Gasteiger partial charge is 0.495 e. The van der Waals surface area contributed by atoms with Crippen LogP contribution in [0.25, 0.3) is 0 Å². The molecule has 0 unspecified atom stereocenters. The molecule has 0 fully saturated rings. The van der Waals surface area contributed by atoms with Crippen LogP contribution in [0.3, 0.4) is 0 Å². The van der Waals surface area contributed by atoms with Crippen molar-refractivity contribution in [1.82, 2.24) is 10.3 Å². The summed E-state index contributed by atoms with van der Waals surface area (Å²) < 4.78 is 9.51. The number of hydrogen-bond donors (Lipinski definition) is 2. The van der Waals surface area contributed by atoms with E-state index in [-0.39, 0.29) is 11.5 Å². The number of benzene rings is 1. The van der Waals surface area contributed by atoms with Crippen molar-refractivity contribution in [1.29, 1.82) is 0 Å². The van der Waals surface area contributed by atoms with Crippen LogP contribution in [0.5, 0.6) is 5.75 Å². The number of methoxy groups -OCH3 is 1. The highest BCUT2D eigenvalue weighted by molar-refractivity contribution is 6.06. The number of aromatic nitrogens is 2. The minimum Gasteiger partial charge on any atom is -0.495 e. The van der Waals surface area contributed by atoms with Crippen molar-refractivity contribution >= 4 is 17.4 Å². The Labute approximate surface area is 103 Å². The number of nitrogen functional groups attached to an aromatic ring is 1. The van der Waals surface area contributed by atoms with Crippen molar-refractivity contribution in [3.05, 3.63) is 29.5 Å². The van der Waals surface area contributed by atoms with Gasteiger partial charge in [-0.05, 0) is 34.9 Å². The smallest absolute Gasteiger partial charge is 0.281 e. The molecule has 1 amide bonds. The Kier molecular flexibility index (Phi) is 3.13. The third-order valence-corrected chi connectivity index (χ3v) is 2.33. The van der Waals surface area contributed by atoms with Gasteiger partial charge in [0.15, 0.2) is 0 Å². The molecular formula is C11H12N4O3. The molecule has 0 aliphatic carbocycles. The maximum atomic E-state index is 11.9. The van der Waals surface area contributed by atoms with Gasteiger partial charge >= 0.3 is 0 Å². The van der Waals surface area contributed by atoms with Gasteiger partial charge in [0.2, 0.25) is 11.5 Å². The van der Waals surface area contributed by atoms with Gasteiger partial charge in [-0.1, -0.05) is 6.07 Å². The summed E-state index contributed by atoms with van der Waals surface area (Å²) in [7, 11) is 1.52. The lowest BCUT2D eigenvalue weighted by atomic mass is 10.2. The van der Waals surface area contributed by atoms with Crippen LogP contribution in [0, 0.1) is 6.92 Å². The topological polar surface area (TPSA) is 103 Å². The molecule has 2 aromatic rings. The molecule has 1 aromatic carbocycles. The lowest BCUT2D eigenvalue weighted by molar-refractivity contribution is 0.101. The molecule has 94 valence electrons. The molecule has 7 heteroatoms. The monoisotopic (exact) mass is 248 g/mol. The van der Waals surface area contributed by atoms with Gasteiger partial charge in [0.05, 0.1) is 12.8 Å². The first kappa shape index (κ1) is 11.9. The average molecular weight is 248 g/mol. The number of rotatable bonds is 3. The Hall–Kier alpha value is -2.57. The number of ether oxygens (including phenoxy) is 1. The fraction of sp³-hybridized carbons (Fsp3) is 0.182. The van der Waals surface area contributed by atoms with Crippen molar-refractivity contribution in [2.75, 3.05) is 18.2 Å². The summed E-state index contributed by atoms with van der Waals surface area (Å²) in [5.74, 6) is -0.0132. The maximum Gasteiger partial charge on any atom is 0.281 e. The van der Waals surface area contributed by atoms with E-state index in [0.29, 0.717) is 11.4 Å². The van der Waals surface area contributed by atoms with Crippen molar-refractivity contribution in [3.8, 4) is 5.75 Å². The number of anilines is 2. The lowest BCUT2D eigenvalue weighted by Gasteiger charge is -2.09. The highest BCUT2D eigenvalue weighted by Crippen LogP contribution is 2.25. The predicted octanol–water partition coefficient (Wildman–Crippen LogP) is 1.22. The van der Waals surface area contributed by atoms with Gasteiger partial charge in [0.25, 0.3) is 5.91 Å². The normalized spacial score (nSPS) is 10.1. The molecule has 0 spiro atoms. The summed E-state index contributed by atoms with van der Waals surface area (Å²) in [6, 6.07) is 5.41. The molecule has 3 N–H and O–H groups in total. The van der Waals surface area contributed by atoms with Crippen LogP contribution in [0.2, 0.25) is 0 Å². The van der Waals surface area contributed by atoms with Crippen LogP contribution >= 0.6 is 0 Å². The highest BCUT2D eigenvalue weighted by atomic mass is 16.6. The van der Waals surface area contributed by atoms with Crippen LogP contribution < -0.4 is 15.8 Å². The minimum atomic E-state index is -0.502. The zero-order valence-electron chi connectivity index (χ0n) is 9.93. The van der Waals surface area contributed by atoms with Crippen molar-refractivity contribution in [2.24, 2.45) is 0 Å². The second kappa shape index (κ2) is 4.74. The third-order valence-electron chi connectivity index (χ3n) is 2.33. The second-order valence-corrected chi connectivity index (χ2v) is 3.66. The Balaban J connectivity index is 2.27. The van der Waals surface area contributed by atoms with Crippen LogP contribution in [-0.4, -0.2) is 23.3 Å². The van der Waals surface area contributed by atoms with E-state index in [1.165, 1.54) is 7.11 Å². The summed E-state index contributed by atoms with van der Waals surface area (Å²) in [5, 5.41) is 9.40. The summed E-state index contributed by atoms with van der Waals surface area (Å²) >= 11 is 0. The highest BCUT2D eigenvalue weighted by Gasteiger charge is 2.17. The fourth-order valence-corrected chi connectivity index (χ4v) is 1.45. The van der Waals surface area contributed by atoms with Crippen molar-refractivity contribution < 1.29 is 14.2 Å². The molecular weight excluding hydrogens is 236 g/mol. The SMILES string of the molecule is COc1ccc(C)cc1NC(=O)c1nonc1N. The number of nitrogens with two attached hydrogens (primary N) is 1. The molecule has 7 nitrogen and oxygen atoms in total. The Morgan fingerprint density at radius 1 is 1.44 bits per heavy atom. The van der Waals surface area contributed by atoms with Gasteiger partial charge in [-0.25, -0.2) is 4.63 Å². The van der Waals surface area contributed by atoms with Gasteiger partial charge in [-0.15, -0.1) is 0 Å². The van der Waals surface area contributed by atoms with Crippen LogP contribution in [0.1, 0.15) is 16.1 Å². The molecule has 18 heavy (non-hydrogen) atoms. The zero-order chi connectivity index (χ0) is 13.1. The van der Waals surface area contributed by atoms with Crippen molar-refractivity contribution in [3.63, 3.8) is 0 Å². The number of nitrogens with zero attached hydrogens (tertiary/aromatic N) is 2. The summed E-state index contributed by atoms with van der Waals surface area (Å²) in [6.45, 7) is 1.90. The Morgan fingerprint density at radius 3 is 2.83 bits per heavy atom. The van der Waals surface area contributed by atoms with E-state index in [2.05, 4.69) is 20.3 Å². The minimum absolute atomic E-state index is 0.0564. The van der Waals surface area contributed by atoms with Gasteiger partial charge in [0, 0.05) is 0 Å². The van der Waals surface area contributed by atoms with Crippen molar-refractivity contribution in [2.45, 2.75) is 6.92 Å². The molecule has 0 bridgehead atoms. The second-order valence-electron chi connectivity index (χ2n) is 3.66. The van der Waals surface area contributed by atoms with Gasteiger partial charge in [-0.2, -0.15) is 0 Å². The number of amides is 1. The molecule has 0 atom stereocenters. The van der Waals surface area contributed by atoms with E-state index in [9.17, 15) is 4.79 Å². The molecule has 0 aliphatic heterocycles. The molecule has 0 aliphatic rings. The zero-order valence-corrected chi connectivity index (χ0v) is 9.93. The van der Waals surface area contributed by atoms with Crippen LogP contribution in [0.4, 0.5) is 11.5 Å². The first-order chi connectivity index (χ1) is 8.61. The summed E-state index contributed by atoms with van der Waals surface area (Å²) in [4.78, 5) is 11.9. The van der Waals surface area contributed by atoms with Gasteiger partial charge in [-0.3, -0.25) is 4.79 Å². The maximum absolute atomic E-state index is 11.9. The first-order valence-electron chi connectivity index (χ1n) is 5.16. The number of nitrogens with one attached hydrogen (secondary N) is 1. The Morgan fingerprint density at radius 2 is 2.22 bits per heavy atom. The first-order valence-corrected chi connectivity index (χ1v) is 5.16. The quantitative estimate of drug-likeness (QED) is 0.846. The standard InChI is InChI=1S/C11H12N4O3/c1-6-3-4-8(17-2)7(5-6)13-11(16)9-10(12)15-18-14-9/h3-5H,1-2H3,(H2,12,15)(H,13,16). The van der Waals surface area contributed by atoms with E-state index < -0.39 is 5.91 Å². The number of carbonyl (C=O) groups is 1. The van der Waals surface area contributed by atoms with Crippen LogP contribution in [-0.2, 0) is 0 Å². The number of carbonyl (C=O) groups excluding carboxylic acids is 1. The summed E-state index contributed by atoms with van der Waals surface area (Å²) in [5.41, 5.74) is 6.90. The van der Waals surface area contributed by atoms with Crippen LogP contribution in [0.15, 0.2) is 22.8 Å². The molecule has 0 saturated heterocycles. The predicted molar refractivity (Wildman–Crippen MR) is 64.4 cm³/mol. The van der Waals surface area contributed by atoms with Gasteiger partial charge in [0.1, 0.15) is 5.75 Å². The molecule has 1 heterocycles. The number of hydrogen-bond acceptors (Lipinski definition) is 6. The number of aryl methyl sites for hydroxylation is 1. The Bertz CT molecular complexity index is 579. The van der Waals surface area contributed by atoms with E-state index in [4.69, 9.17) is 10.5 Å². The van der Waals surface area contributed by atoms with Gasteiger partial charge < -0.3 is 15.8 Å². The average Bonchev–Trinajstić information content (AvgIpc) is 2.76.